The Balaban J connectivity index is 1.37. The Morgan fingerprint density at radius 1 is 1.15 bits per heavy atom. The van der Waals surface area contributed by atoms with Crippen LogP contribution < -0.4 is 10.2 Å². The van der Waals surface area contributed by atoms with Crippen LogP contribution >= 0.6 is 27.3 Å². The summed E-state index contributed by atoms with van der Waals surface area (Å²) in [5, 5.41) is 4.27. The first-order valence-corrected chi connectivity index (χ1v) is 13.4. The van der Waals surface area contributed by atoms with Crippen molar-refractivity contribution in [1.82, 2.24) is 14.9 Å². The van der Waals surface area contributed by atoms with E-state index in [-0.39, 0.29) is 11.9 Å². The number of amides is 2. The molecule has 6 nitrogen and oxygen atoms in total. The molecule has 8 heteroatoms. The van der Waals surface area contributed by atoms with Crippen LogP contribution in [0.3, 0.4) is 0 Å². The number of thiophene rings is 1. The lowest BCUT2D eigenvalue weighted by molar-refractivity contribution is 0.208. The summed E-state index contributed by atoms with van der Waals surface area (Å²) in [5.74, 6) is 3.01. The quantitative estimate of drug-likeness (QED) is 0.449. The second-order valence-corrected chi connectivity index (χ2v) is 11.5. The first-order valence-electron chi connectivity index (χ1n) is 11.8. The number of rotatable bonds is 3. The normalized spacial score (nSPS) is 18.6. The van der Waals surface area contributed by atoms with Crippen molar-refractivity contribution in [2.45, 2.75) is 46.0 Å². The number of halogens is 1. The molecular formula is C25H30BrN5OS. The van der Waals surface area contributed by atoms with E-state index in [1.165, 1.54) is 22.2 Å². The van der Waals surface area contributed by atoms with Gasteiger partial charge in [0.05, 0.1) is 5.39 Å². The van der Waals surface area contributed by atoms with Crippen LogP contribution in [0, 0.1) is 5.92 Å². The predicted octanol–water partition coefficient (Wildman–Crippen LogP) is 6.06. The van der Waals surface area contributed by atoms with Gasteiger partial charge in [0.2, 0.25) is 0 Å². The first-order chi connectivity index (χ1) is 15.9. The summed E-state index contributed by atoms with van der Waals surface area (Å²) in [6, 6.07) is 7.63. The Morgan fingerprint density at radius 2 is 1.88 bits per heavy atom. The molecule has 2 aliphatic rings. The minimum Gasteiger partial charge on any atom is -0.352 e. The molecule has 174 valence electrons. The number of fused-ring (bicyclic) bond motifs is 3. The molecule has 1 fully saturated rings. The lowest BCUT2D eigenvalue weighted by Gasteiger charge is -2.36. The molecule has 1 saturated heterocycles. The van der Waals surface area contributed by atoms with Crippen LogP contribution in [0.5, 0.6) is 0 Å². The van der Waals surface area contributed by atoms with Crippen molar-refractivity contribution >= 4 is 55.0 Å². The molecule has 1 N–H and O–H groups in total. The molecule has 3 heterocycles. The average Bonchev–Trinajstić information content (AvgIpc) is 3.17. The highest BCUT2D eigenvalue weighted by molar-refractivity contribution is 9.10. The van der Waals surface area contributed by atoms with Gasteiger partial charge in [-0.1, -0.05) is 36.7 Å². The van der Waals surface area contributed by atoms with E-state index in [1.54, 1.807) is 0 Å². The lowest BCUT2D eigenvalue weighted by atomic mass is 9.89. The molecule has 0 saturated carbocycles. The fraction of sp³-hybridized carbons (Fsp3) is 0.480. The second kappa shape index (κ2) is 9.22. The zero-order chi connectivity index (χ0) is 23.1. The summed E-state index contributed by atoms with van der Waals surface area (Å²) in [7, 11) is 0. The molecule has 1 aliphatic carbocycles. The average molecular weight is 529 g/mol. The van der Waals surface area contributed by atoms with Gasteiger partial charge in [-0.15, -0.1) is 11.3 Å². The number of urea groups is 1. The van der Waals surface area contributed by atoms with Gasteiger partial charge < -0.3 is 15.1 Å². The van der Waals surface area contributed by atoms with Gasteiger partial charge in [-0.05, 0) is 55.0 Å². The van der Waals surface area contributed by atoms with Gasteiger partial charge in [0.25, 0.3) is 0 Å². The maximum absolute atomic E-state index is 12.8. The SMILES string of the molecule is CC1CCc2c(sc3nc(C(C)C)nc(N4CCN(C(=O)Nc5ccc(Br)cc5)CC4)c23)C1. The molecule has 1 aromatic carbocycles. The van der Waals surface area contributed by atoms with E-state index in [4.69, 9.17) is 9.97 Å². The Morgan fingerprint density at radius 3 is 2.58 bits per heavy atom. The standard InChI is InChI=1S/C25H30BrN5OS/c1-15(2)22-28-23(21-19-9-4-16(3)14-20(19)33-24(21)29-22)30-10-12-31(13-11-30)25(32)27-18-7-5-17(26)6-8-18/h5-8,15-16H,4,9-14H2,1-3H3,(H,27,32). The summed E-state index contributed by atoms with van der Waals surface area (Å²) < 4.78 is 0.996. The van der Waals surface area contributed by atoms with E-state index in [9.17, 15) is 4.79 Å². The highest BCUT2D eigenvalue weighted by atomic mass is 79.9. The van der Waals surface area contributed by atoms with Gasteiger partial charge >= 0.3 is 6.03 Å². The molecule has 1 atom stereocenters. The van der Waals surface area contributed by atoms with Gasteiger partial charge in [0.15, 0.2) is 0 Å². The summed E-state index contributed by atoms with van der Waals surface area (Å²) >= 11 is 5.30. The third kappa shape index (κ3) is 4.60. The molecule has 2 amide bonds. The number of anilines is 2. The third-order valence-corrected chi connectivity index (χ3v) is 8.31. The Hall–Kier alpha value is -2.19. The van der Waals surface area contributed by atoms with Crippen molar-refractivity contribution in [2.24, 2.45) is 5.92 Å². The van der Waals surface area contributed by atoms with E-state index in [2.05, 4.69) is 46.9 Å². The van der Waals surface area contributed by atoms with Gasteiger partial charge in [-0.2, -0.15) is 0 Å². The molecule has 3 aromatic rings. The van der Waals surface area contributed by atoms with E-state index in [1.807, 2.05) is 40.5 Å². The minimum atomic E-state index is -0.0467. The number of hydrogen-bond donors (Lipinski definition) is 1. The van der Waals surface area contributed by atoms with Gasteiger partial charge in [-0.25, -0.2) is 14.8 Å². The first kappa shape index (κ1) is 22.6. The van der Waals surface area contributed by atoms with Crippen LogP contribution in [0.25, 0.3) is 10.2 Å². The summed E-state index contributed by atoms with van der Waals surface area (Å²) in [4.78, 5) is 29.7. The second-order valence-electron chi connectivity index (χ2n) is 9.50. The Bertz CT molecular complexity index is 1170. The molecular weight excluding hydrogens is 498 g/mol. The summed E-state index contributed by atoms with van der Waals surface area (Å²) in [6.45, 7) is 9.56. The third-order valence-electron chi connectivity index (χ3n) is 6.63. The van der Waals surface area contributed by atoms with E-state index >= 15 is 0 Å². The smallest absolute Gasteiger partial charge is 0.321 e. The lowest BCUT2D eigenvalue weighted by Crippen LogP contribution is -2.50. The van der Waals surface area contributed by atoms with E-state index < -0.39 is 0 Å². The van der Waals surface area contributed by atoms with Crippen LogP contribution in [0.1, 0.15) is 49.4 Å². The highest BCUT2D eigenvalue weighted by Gasteiger charge is 2.29. The van der Waals surface area contributed by atoms with Crippen molar-refractivity contribution in [1.29, 1.82) is 0 Å². The zero-order valence-corrected chi connectivity index (χ0v) is 21.8. The minimum absolute atomic E-state index is 0.0467. The maximum Gasteiger partial charge on any atom is 0.321 e. The number of carbonyl (C=O) groups is 1. The number of nitrogens with one attached hydrogen (secondary N) is 1. The van der Waals surface area contributed by atoms with Crippen molar-refractivity contribution in [2.75, 3.05) is 36.4 Å². The number of aromatic nitrogens is 2. The number of nitrogens with zero attached hydrogens (tertiary/aromatic N) is 4. The number of carbonyl (C=O) groups excluding carboxylic acids is 1. The summed E-state index contributed by atoms with van der Waals surface area (Å²) in [6.07, 6.45) is 3.49. The molecule has 2 aromatic heterocycles. The van der Waals surface area contributed by atoms with Crippen molar-refractivity contribution in [3.63, 3.8) is 0 Å². The van der Waals surface area contributed by atoms with Crippen LogP contribution in [0.2, 0.25) is 0 Å². The highest BCUT2D eigenvalue weighted by Crippen LogP contribution is 2.41. The molecule has 33 heavy (non-hydrogen) atoms. The Labute approximate surface area is 207 Å². The zero-order valence-electron chi connectivity index (χ0n) is 19.4. The van der Waals surface area contributed by atoms with Gasteiger partial charge in [-0.3, -0.25) is 0 Å². The monoisotopic (exact) mass is 527 g/mol. The van der Waals surface area contributed by atoms with E-state index in [0.717, 1.165) is 58.5 Å². The van der Waals surface area contributed by atoms with Crippen LogP contribution in [0.4, 0.5) is 16.3 Å². The van der Waals surface area contributed by atoms with Gasteiger partial charge in [0.1, 0.15) is 16.5 Å². The topological polar surface area (TPSA) is 61.4 Å². The molecule has 0 spiro atoms. The number of benzene rings is 1. The van der Waals surface area contributed by atoms with Crippen molar-refractivity contribution < 1.29 is 4.79 Å². The van der Waals surface area contributed by atoms with Crippen LogP contribution in [0.15, 0.2) is 28.7 Å². The molecule has 0 radical (unpaired) electrons. The van der Waals surface area contributed by atoms with Crippen molar-refractivity contribution in [3.05, 3.63) is 45.0 Å². The number of piperazine rings is 1. The number of hydrogen-bond acceptors (Lipinski definition) is 5. The number of aryl methyl sites for hydroxylation is 1. The fourth-order valence-electron chi connectivity index (χ4n) is 4.68. The van der Waals surface area contributed by atoms with E-state index in [0.29, 0.717) is 13.1 Å². The van der Waals surface area contributed by atoms with Crippen LogP contribution in [-0.2, 0) is 12.8 Å². The molecule has 5 rings (SSSR count). The molecule has 0 bridgehead atoms. The summed E-state index contributed by atoms with van der Waals surface area (Å²) in [5.41, 5.74) is 2.28. The largest absolute Gasteiger partial charge is 0.352 e. The van der Waals surface area contributed by atoms with Crippen LogP contribution in [-0.4, -0.2) is 47.1 Å². The molecule has 1 unspecified atom stereocenters. The predicted molar refractivity (Wildman–Crippen MR) is 140 cm³/mol. The molecule has 1 aliphatic heterocycles. The maximum atomic E-state index is 12.8. The van der Waals surface area contributed by atoms with Gasteiger partial charge in [0, 0.05) is 47.1 Å². The van der Waals surface area contributed by atoms with Crippen molar-refractivity contribution in [3.8, 4) is 0 Å². The Kier molecular flexibility index (Phi) is 6.31. The fourth-order valence-corrected chi connectivity index (χ4v) is 6.33.